The Kier molecular flexibility index (Phi) is 16.0. The zero-order valence-electron chi connectivity index (χ0n) is 36.9. The van der Waals surface area contributed by atoms with Crippen LogP contribution in [0.1, 0.15) is 69.5 Å². The highest BCUT2D eigenvalue weighted by molar-refractivity contribution is 6.29. The minimum absolute atomic E-state index is 0.0429. The van der Waals surface area contributed by atoms with E-state index in [2.05, 4.69) is 137 Å². The molecule has 62 heavy (non-hydrogen) atoms. The fourth-order valence-electron chi connectivity index (χ4n) is 8.60. The van der Waals surface area contributed by atoms with Crippen molar-refractivity contribution in [3.8, 4) is 0 Å². The second-order valence-electron chi connectivity index (χ2n) is 16.1. The van der Waals surface area contributed by atoms with Crippen LogP contribution in [-0.2, 0) is 53.0 Å². The first-order chi connectivity index (χ1) is 30.0. The smallest absolute Gasteiger partial charge is 0.417 e. The van der Waals surface area contributed by atoms with Crippen molar-refractivity contribution in [3.05, 3.63) is 213 Å². The van der Waals surface area contributed by atoms with Crippen molar-refractivity contribution >= 4 is 11.9 Å². The van der Waals surface area contributed by atoms with Crippen molar-refractivity contribution < 1.29 is 28.5 Å². The molecule has 0 spiro atoms. The van der Waals surface area contributed by atoms with Crippen LogP contribution < -0.4 is 10.6 Å². The van der Waals surface area contributed by atoms with Gasteiger partial charge in [0.05, 0.1) is 13.2 Å². The average molecular weight is 833 g/mol. The Labute approximate surface area is 367 Å². The Morgan fingerprint density at radius 3 is 1.00 bits per heavy atom. The molecule has 0 heterocycles. The van der Waals surface area contributed by atoms with Crippen molar-refractivity contribution in [2.75, 3.05) is 26.3 Å². The van der Waals surface area contributed by atoms with Gasteiger partial charge in [-0.2, -0.15) is 0 Å². The monoisotopic (exact) mass is 832 g/mol. The largest absolute Gasteiger partial charge is 0.456 e. The van der Waals surface area contributed by atoms with Crippen LogP contribution in [0.5, 0.6) is 0 Å². The molecular formula is C54H60N2O6. The molecule has 0 aliphatic carbocycles. The van der Waals surface area contributed by atoms with E-state index in [-0.39, 0.29) is 38.4 Å². The second-order valence-corrected chi connectivity index (χ2v) is 16.1. The van der Waals surface area contributed by atoms with Crippen molar-refractivity contribution in [1.29, 1.82) is 0 Å². The SMILES string of the molecule is Cc1cc(C)cc(COC(c2ccccc2)(c2ccccc2)C(C)NCCOC(=O)C(=O)OCCNC(C)C(OCc2cc(C)cc(C)c2)(c2ccccc2)c2ccccc2)c1. The van der Waals surface area contributed by atoms with Crippen LogP contribution >= 0.6 is 0 Å². The van der Waals surface area contributed by atoms with Crippen molar-refractivity contribution in [2.45, 2.75) is 78.0 Å². The standard InChI is InChI=1S/C54H60N2O6/c1-39-31-40(2)34-45(33-39)37-61-53(47-19-11-7-12-20-47,48-21-13-8-14-22-48)43(5)55-27-29-59-51(57)52(58)60-30-28-56-44(6)54(49-23-15-9-16-24-49,50-25-17-10-18-26-50)62-38-46-35-41(3)32-42(4)36-46/h7-26,31-36,43-44,55-56H,27-30,37-38H2,1-6H3. The van der Waals surface area contributed by atoms with Gasteiger partial charge in [0, 0.05) is 25.2 Å². The van der Waals surface area contributed by atoms with Gasteiger partial charge in [-0.05, 0) is 74.9 Å². The first kappa shape index (κ1) is 45.6. The van der Waals surface area contributed by atoms with Crippen LogP contribution in [0.4, 0.5) is 0 Å². The van der Waals surface area contributed by atoms with Gasteiger partial charge in [0.15, 0.2) is 0 Å². The fraction of sp³-hybridized carbons (Fsp3) is 0.296. The summed E-state index contributed by atoms with van der Waals surface area (Å²) in [5, 5.41) is 7.06. The molecule has 2 N–H and O–H groups in total. The van der Waals surface area contributed by atoms with E-state index in [1.54, 1.807) is 0 Å². The zero-order chi connectivity index (χ0) is 44.0. The minimum Gasteiger partial charge on any atom is -0.456 e. The van der Waals surface area contributed by atoms with Gasteiger partial charge in [-0.25, -0.2) is 9.59 Å². The summed E-state index contributed by atoms with van der Waals surface area (Å²) in [6.07, 6.45) is 0. The molecule has 2 atom stereocenters. The lowest BCUT2D eigenvalue weighted by Gasteiger charge is -2.41. The summed E-state index contributed by atoms with van der Waals surface area (Å²) < 4.78 is 24.8. The number of hydrogen-bond donors (Lipinski definition) is 2. The number of rotatable bonds is 20. The number of carbonyl (C=O) groups is 2. The summed E-state index contributed by atoms with van der Waals surface area (Å²) in [5.41, 5.74) is 9.01. The van der Waals surface area contributed by atoms with E-state index in [0.29, 0.717) is 13.2 Å². The number of carbonyl (C=O) groups excluding carboxylic acids is 2. The highest BCUT2D eigenvalue weighted by atomic mass is 16.6. The van der Waals surface area contributed by atoms with Crippen molar-refractivity contribution in [3.63, 3.8) is 0 Å². The van der Waals surface area contributed by atoms with Crippen LogP contribution in [0.15, 0.2) is 158 Å². The summed E-state index contributed by atoms with van der Waals surface area (Å²) in [5.74, 6) is -2.09. The molecule has 6 aromatic carbocycles. The molecule has 8 nitrogen and oxygen atoms in total. The first-order valence-corrected chi connectivity index (χ1v) is 21.5. The van der Waals surface area contributed by atoms with E-state index in [4.69, 9.17) is 18.9 Å². The number of nitrogens with one attached hydrogen (secondary N) is 2. The highest BCUT2D eigenvalue weighted by Crippen LogP contribution is 2.40. The Balaban J connectivity index is 1.07. The molecule has 8 heteroatoms. The molecule has 0 saturated heterocycles. The van der Waals surface area contributed by atoms with E-state index in [1.165, 1.54) is 22.3 Å². The normalized spacial score (nSPS) is 12.7. The lowest BCUT2D eigenvalue weighted by Crippen LogP contribution is -2.50. The van der Waals surface area contributed by atoms with Crippen LogP contribution in [0.2, 0.25) is 0 Å². The molecule has 322 valence electrons. The molecule has 0 amide bonds. The molecular weight excluding hydrogens is 773 g/mol. The molecule has 0 aliphatic rings. The molecule has 6 rings (SSSR count). The van der Waals surface area contributed by atoms with Crippen LogP contribution in [-0.4, -0.2) is 50.3 Å². The van der Waals surface area contributed by atoms with Gasteiger partial charge in [-0.1, -0.05) is 180 Å². The average Bonchev–Trinajstić information content (AvgIpc) is 3.27. The quantitative estimate of drug-likeness (QED) is 0.0447. The molecule has 0 aliphatic heterocycles. The Morgan fingerprint density at radius 2 is 0.726 bits per heavy atom. The maximum absolute atomic E-state index is 12.9. The topological polar surface area (TPSA) is 95.1 Å². The zero-order valence-corrected chi connectivity index (χ0v) is 36.9. The van der Waals surface area contributed by atoms with Gasteiger partial charge in [-0.3, -0.25) is 0 Å². The summed E-state index contributed by atoms with van der Waals surface area (Å²) in [7, 11) is 0. The summed E-state index contributed by atoms with van der Waals surface area (Å²) in [4.78, 5) is 25.8. The second kappa shape index (κ2) is 21.8. The number of esters is 2. The van der Waals surface area contributed by atoms with Crippen LogP contribution in [0.25, 0.3) is 0 Å². The molecule has 0 bridgehead atoms. The molecule has 0 fully saturated rings. The fourth-order valence-corrected chi connectivity index (χ4v) is 8.60. The third kappa shape index (κ3) is 11.3. The number of hydrogen-bond acceptors (Lipinski definition) is 8. The third-order valence-corrected chi connectivity index (χ3v) is 11.3. The minimum atomic E-state index is -1.05. The highest BCUT2D eigenvalue weighted by Gasteiger charge is 2.42. The van der Waals surface area contributed by atoms with E-state index >= 15 is 0 Å². The van der Waals surface area contributed by atoms with Crippen molar-refractivity contribution in [1.82, 2.24) is 10.6 Å². The Bertz CT molecular complexity index is 2050. The first-order valence-electron chi connectivity index (χ1n) is 21.5. The van der Waals surface area contributed by atoms with E-state index in [1.807, 2.05) is 72.8 Å². The van der Waals surface area contributed by atoms with Gasteiger partial charge in [0.2, 0.25) is 0 Å². The molecule has 0 aromatic heterocycles. The van der Waals surface area contributed by atoms with Gasteiger partial charge in [-0.15, -0.1) is 0 Å². The lowest BCUT2D eigenvalue weighted by atomic mass is 9.80. The predicted molar refractivity (Wildman–Crippen MR) is 246 cm³/mol. The summed E-state index contributed by atoms with van der Waals surface area (Å²) >= 11 is 0. The molecule has 2 unspecified atom stereocenters. The maximum atomic E-state index is 12.9. The Morgan fingerprint density at radius 1 is 0.452 bits per heavy atom. The predicted octanol–water partition coefficient (Wildman–Crippen LogP) is 9.58. The number of benzene rings is 6. The third-order valence-electron chi connectivity index (χ3n) is 11.3. The summed E-state index contributed by atoms with van der Waals surface area (Å²) in [6, 6.07) is 52.9. The Hall–Kier alpha value is -5.90. The lowest BCUT2D eigenvalue weighted by molar-refractivity contribution is -0.167. The number of ether oxygens (including phenoxy) is 4. The van der Waals surface area contributed by atoms with E-state index < -0.39 is 23.1 Å². The van der Waals surface area contributed by atoms with Gasteiger partial charge in [0.1, 0.15) is 24.4 Å². The van der Waals surface area contributed by atoms with Gasteiger partial charge in [0.25, 0.3) is 0 Å². The van der Waals surface area contributed by atoms with E-state index in [9.17, 15) is 9.59 Å². The van der Waals surface area contributed by atoms with E-state index in [0.717, 1.165) is 33.4 Å². The molecule has 0 radical (unpaired) electrons. The van der Waals surface area contributed by atoms with Gasteiger partial charge >= 0.3 is 11.9 Å². The molecule has 0 saturated carbocycles. The maximum Gasteiger partial charge on any atom is 0.417 e. The number of aryl methyl sites for hydroxylation is 4. The van der Waals surface area contributed by atoms with Crippen LogP contribution in [0.3, 0.4) is 0 Å². The van der Waals surface area contributed by atoms with Crippen LogP contribution in [0, 0.1) is 27.7 Å². The molecule has 6 aromatic rings. The van der Waals surface area contributed by atoms with Gasteiger partial charge < -0.3 is 29.6 Å². The summed E-state index contributed by atoms with van der Waals surface area (Å²) in [6.45, 7) is 13.7. The van der Waals surface area contributed by atoms with Crippen molar-refractivity contribution in [2.24, 2.45) is 0 Å².